The van der Waals surface area contributed by atoms with E-state index >= 15 is 0 Å². The summed E-state index contributed by atoms with van der Waals surface area (Å²) >= 11 is 0. The molecule has 0 aromatic carbocycles. The van der Waals surface area contributed by atoms with Gasteiger partial charge in [0, 0.05) is 5.69 Å². The molecule has 1 N–H and O–H groups in total. The zero-order valence-electron chi connectivity index (χ0n) is 12.1. The smallest absolute Gasteiger partial charge is 0.306 e. The SMILES string of the molecule is Cc1ccc(-n2nc(C)c(CC(C)C(=O)O)c2C)nn1. The maximum absolute atomic E-state index is 11.0. The summed E-state index contributed by atoms with van der Waals surface area (Å²) in [6.07, 6.45) is 0.465. The summed E-state index contributed by atoms with van der Waals surface area (Å²) < 4.78 is 1.71. The zero-order valence-corrected chi connectivity index (χ0v) is 12.1. The standard InChI is InChI=1S/C14H18N4O2/c1-8(14(19)20)7-12-10(3)17-18(11(12)4)13-6-5-9(2)15-16-13/h5-6,8H,7H2,1-4H3,(H,19,20). The fourth-order valence-corrected chi connectivity index (χ4v) is 2.09. The first-order chi connectivity index (χ1) is 9.40. The maximum atomic E-state index is 11.0. The van der Waals surface area contributed by atoms with Gasteiger partial charge in [0.25, 0.3) is 0 Å². The number of carboxylic acid groups (broad SMARTS) is 1. The van der Waals surface area contributed by atoms with Crippen LogP contribution >= 0.6 is 0 Å². The summed E-state index contributed by atoms with van der Waals surface area (Å²) in [7, 11) is 0. The highest BCUT2D eigenvalue weighted by Gasteiger charge is 2.19. The number of aromatic nitrogens is 4. The van der Waals surface area contributed by atoms with E-state index in [1.54, 1.807) is 11.6 Å². The van der Waals surface area contributed by atoms with Crippen molar-refractivity contribution in [2.75, 3.05) is 0 Å². The van der Waals surface area contributed by atoms with Gasteiger partial charge >= 0.3 is 5.97 Å². The average molecular weight is 274 g/mol. The highest BCUT2D eigenvalue weighted by Crippen LogP contribution is 2.20. The number of hydrogen-bond acceptors (Lipinski definition) is 4. The Morgan fingerprint density at radius 1 is 1.30 bits per heavy atom. The number of aliphatic carboxylic acids is 1. The topological polar surface area (TPSA) is 80.9 Å². The van der Waals surface area contributed by atoms with Gasteiger partial charge in [0.15, 0.2) is 5.82 Å². The van der Waals surface area contributed by atoms with Crippen LogP contribution in [0.5, 0.6) is 0 Å². The van der Waals surface area contributed by atoms with Crippen LogP contribution in [0.2, 0.25) is 0 Å². The summed E-state index contributed by atoms with van der Waals surface area (Å²) in [5.41, 5.74) is 3.55. The van der Waals surface area contributed by atoms with Gasteiger partial charge in [-0.2, -0.15) is 10.2 Å². The van der Waals surface area contributed by atoms with Crippen LogP contribution < -0.4 is 0 Å². The summed E-state index contributed by atoms with van der Waals surface area (Å²) in [5.74, 6) is -0.591. The largest absolute Gasteiger partial charge is 0.481 e. The van der Waals surface area contributed by atoms with Crippen molar-refractivity contribution in [3.05, 3.63) is 34.8 Å². The van der Waals surface area contributed by atoms with E-state index in [2.05, 4.69) is 15.3 Å². The summed E-state index contributed by atoms with van der Waals surface area (Å²) in [6.45, 7) is 7.38. The fraction of sp³-hybridized carbons (Fsp3) is 0.429. The fourth-order valence-electron chi connectivity index (χ4n) is 2.09. The first-order valence-corrected chi connectivity index (χ1v) is 6.48. The summed E-state index contributed by atoms with van der Waals surface area (Å²) in [6, 6.07) is 3.73. The van der Waals surface area contributed by atoms with E-state index in [4.69, 9.17) is 5.11 Å². The van der Waals surface area contributed by atoms with Crippen molar-refractivity contribution in [2.45, 2.75) is 34.1 Å². The van der Waals surface area contributed by atoms with Crippen LogP contribution in [0.4, 0.5) is 0 Å². The van der Waals surface area contributed by atoms with E-state index in [9.17, 15) is 4.79 Å². The van der Waals surface area contributed by atoms with Gasteiger partial charge in [-0.15, -0.1) is 5.10 Å². The van der Waals surface area contributed by atoms with E-state index in [1.807, 2.05) is 32.9 Å². The molecular weight excluding hydrogens is 256 g/mol. The molecule has 20 heavy (non-hydrogen) atoms. The molecule has 1 atom stereocenters. The molecule has 2 aromatic heterocycles. The molecule has 2 aromatic rings. The van der Waals surface area contributed by atoms with Crippen molar-refractivity contribution in [2.24, 2.45) is 5.92 Å². The van der Waals surface area contributed by atoms with E-state index < -0.39 is 11.9 Å². The molecule has 2 rings (SSSR count). The first-order valence-electron chi connectivity index (χ1n) is 6.48. The Labute approximate surface area is 117 Å². The van der Waals surface area contributed by atoms with E-state index in [0.29, 0.717) is 12.2 Å². The second kappa shape index (κ2) is 5.40. The minimum absolute atomic E-state index is 0.436. The Bertz CT molecular complexity index is 631. The lowest BCUT2D eigenvalue weighted by molar-refractivity contribution is -0.141. The van der Waals surface area contributed by atoms with Gasteiger partial charge in [-0.1, -0.05) is 6.92 Å². The minimum Gasteiger partial charge on any atom is -0.481 e. The van der Waals surface area contributed by atoms with Crippen molar-refractivity contribution < 1.29 is 9.90 Å². The van der Waals surface area contributed by atoms with Crippen LogP contribution in [0.3, 0.4) is 0 Å². The predicted octanol–water partition coefficient (Wildman–Crippen LogP) is 1.85. The third kappa shape index (κ3) is 2.68. The molecule has 0 saturated heterocycles. The lowest BCUT2D eigenvalue weighted by Crippen LogP contribution is -2.13. The number of aryl methyl sites for hydroxylation is 2. The van der Waals surface area contributed by atoms with E-state index in [1.165, 1.54) is 0 Å². The molecule has 0 aliphatic heterocycles. The van der Waals surface area contributed by atoms with Gasteiger partial charge in [-0.25, -0.2) is 4.68 Å². The third-order valence-electron chi connectivity index (χ3n) is 3.37. The first kappa shape index (κ1) is 14.2. The summed E-state index contributed by atoms with van der Waals surface area (Å²) in [4.78, 5) is 11.0. The van der Waals surface area contributed by atoms with Crippen LogP contribution in [-0.2, 0) is 11.2 Å². The van der Waals surface area contributed by atoms with Gasteiger partial charge < -0.3 is 5.11 Å². The molecule has 106 valence electrons. The summed E-state index contributed by atoms with van der Waals surface area (Å²) in [5, 5.41) is 21.6. The zero-order chi connectivity index (χ0) is 14.9. The molecule has 0 spiro atoms. The number of nitrogens with zero attached hydrogens (tertiary/aromatic N) is 4. The monoisotopic (exact) mass is 274 g/mol. The lowest BCUT2D eigenvalue weighted by Gasteiger charge is -2.07. The van der Waals surface area contributed by atoms with Gasteiger partial charge in [-0.05, 0) is 44.9 Å². The second-order valence-corrected chi connectivity index (χ2v) is 5.04. The molecule has 2 heterocycles. The van der Waals surface area contributed by atoms with E-state index in [-0.39, 0.29) is 0 Å². The molecule has 6 heteroatoms. The van der Waals surface area contributed by atoms with Crippen LogP contribution in [0, 0.1) is 26.7 Å². The molecule has 1 unspecified atom stereocenters. The molecule has 0 amide bonds. The van der Waals surface area contributed by atoms with Gasteiger partial charge in [-0.3, -0.25) is 4.79 Å². The number of carbonyl (C=O) groups is 1. The molecule has 0 radical (unpaired) electrons. The van der Waals surface area contributed by atoms with Crippen molar-refractivity contribution in [3.63, 3.8) is 0 Å². The van der Waals surface area contributed by atoms with Crippen molar-refractivity contribution >= 4 is 5.97 Å². The number of hydrogen-bond donors (Lipinski definition) is 1. The van der Waals surface area contributed by atoms with Crippen molar-refractivity contribution in [3.8, 4) is 5.82 Å². The number of rotatable bonds is 4. The van der Waals surface area contributed by atoms with Gasteiger partial charge in [0.2, 0.25) is 0 Å². The Morgan fingerprint density at radius 3 is 2.55 bits per heavy atom. The molecule has 0 aliphatic carbocycles. The van der Waals surface area contributed by atoms with Crippen LogP contribution in [0.1, 0.15) is 29.6 Å². The van der Waals surface area contributed by atoms with E-state index in [0.717, 1.165) is 22.6 Å². The minimum atomic E-state index is -0.799. The second-order valence-electron chi connectivity index (χ2n) is 5.04. The van der Waals surface area contributed by atoms with Gasteiger partial charge in [0.1, 0.15) is 0 Å². The highest BCUT2D eigenvalue weighted by molar-refractivity contribution is 5.70. The molecule has 0 saturated carbocycles. The lowest BCUT2D eigenvalue weighted by atomic mass is 10.00. The van der Waals surface area contributed by atoms with Crippen molar-refractivity contribution in [1.82, 2.24) is 20.0 Å². The van der Waals surface area contributed by atoms with Crippen molar-refractivity contribution in [1.29, 1.82) is 0 Å². The van der Waals surface area contributed by atoms with Gasteiger partial charge in [0.05, 0.1) is 17.3 Å². The van der Waals surface area contributed by atoms with Crippen LogP contribution in [0.15, 0.2) is 12.1 Å². The highest BCUT2D eigenvalue weighted by atomic mass is 16.4. The predicted molar refractivity (Wildman–Crippen MR) is 73.9 cm³/mol. The van der Waals surface area contributed by atoms with Crippen LogP contribution in [0.25, 0.3) is 5.82 Å². The van der Waals surface area contributed by atoms with Crippen LogP contribution in [-0.4, -0.2) is 31.1 Å². The quantitative estimate of drug-likeness (QED) is 0.920. The Balaban J connectivity index is 2.38. The normalized spacial score (nSPS) is 12.4. The number of carboxylic acids is 1. The molecule has 6 nitrogen and oxygen atoms in total. The maximum Gasteiger partial charge on any atom is 0.306 e. The molecule has 0 fully saturated rings. The third-order valence-corrected chi connectivity index (χ3v) is 3.37. The molecule has 0 aliphatic rings. The average Bonchev–Trinajstić information content (AvgIpc) is 2.67. The molecule has 0 bridgehead atoms. The molecular formula is C14H18N4O2. The Morgan fingerprint density at radius 2 is 2.00 bits per heavy atom. The Hall–Kier alpha value is -2.24. The Kier molecular flexibility index (Phi) is 3.83.